The Morgan fingerprint density at radius 3 is 2.48 bits per heavy atom. The van der Waals surface area contributed by atoms with Crippen molar-refractivity contribution in [3.8, 4) is 0 Å². The van der Waals surface area contributed by atoms with E-state index in [1.54, 1.807) is 6.08 Å². The van der Waals surface area contributed by atoms with Gasteiger partial charge in [0.25, 0.3) is 0 Å². The van der Waals surface area contributed by atoms with E-state index in [0.717, 1.165) is 12.8 Å². The number of ether oxygens (including phenoxy) is 1. The molecule has 0 aromatic heterocycles. The highest BCUT2D eigenvalue weighted by Crippen LogP contribution is 2.57. The molecule has 4 atom stereocenters. The van der Waals surface area contributed by atoms with Crippen molar-refractivity contribution in [2.45, 2.75) is 37.0 Å². The van der Waals surface area contributed by atoms with Gasteiger partial charge < -0.3 is 4.74 Å². The molecule has 3 aliphatic rings. The van der Waals surface area contributed by atoms with Crippen molar-refractivity contribution < 1.29 is 40.1 Å². The lowest BCUT2D eigenvalue weighted by atomic mass is 9.85. The third-order valence-corrected chi connectivity index (χ3v) is 5.91. The summed E-state index contributed by atoms with van der Waals surface area (Å²) >= 11 is 0. The van der Waals surface area contributed by atoms with Crippen molar-refractivity contribution in [1.82, 2.24) is 0 Å². The van der Waals surface area contributed by atoms with E-state index in [4.69, 9.17) is 4.55 Å². The predicted molar refractivity (Wildman–Crippen MR) is 68.0 cm³/mol. The van der Waals surface area contributed by atoms with E-state index in [1.807, 2.05) is 0 Å². The fraction of sp³-hybridized carbons (Fsp3) is 0.769. The average Bonchev–Trinajstić information content (AvgIpc) is 2.87. The summed E-state index contributed by atoms with van der Waals surface area (Å²) in [4.78, 5) is 11.9. The standard InChI is InChI=1S/C13H14F4O5S/c14-12(15,13(16,17)23(19,20)21)22-11(18)10-5-7-3-6-1-2-8(10)9(7)4-6/h2,6-7,9-10H,1,3-5H2,(H,19,20,21). The number of halogens is 4. The number of esters is 1. The number of fused-ring (bicyclic) bond motifs is 1. The van der Waals surface area contributed by atoms with Gasteiger partial charge in [0.15, 0.2) is 0 Å². The topological polar surface area (TPSA) is 80.7 Å². The second kappa shape index (κ2) is 4.92. The van der Waals surface area contributed by atoms with Gasteiger partial charge in [-0.25, -0.2) is 0 Å². The first kappa shape index (κ1) is 16.7. The Kier molecular flexibility index (Phi) is 3.57. The first-order chi connectivity index (χ1) is 10.4. The van der Waals surface area contributed by atoms with Crippen LogP contribution in [0.15, 0.2) is 11.6 Å². The SMILES string of the molecule is O=C(OC(F)(F)C(F)(F)S(=O)(=O)O)C1CC2CC3CC=C1C2C3. The second-order valence-electron chi connectivity index (χ2n) is 6.36. The number of rotatable bonds is 4. The van der Waals surface area contributed by atoms with Crippen LogP contribution in [0.2, 0.25) is 0 Å². The van der Waals surface area contributed by atoms with Crippen molar-refractivity contribution in [1.29, 1.82) is 0 Å². The van der Waals surface area contributed by atoms with Crippen molar-refractivity contribution in [3.05, 3.63) is 11.6 Å². The molecule has 3 aliphatic carbocycles. The lowest BCUT2D eigenvalue weighted by Gasteiger charge is -2.26. The van der Waals surface area contributed by atoms with Gasteiger partial charge in [0.2, 0.25) is 0 Å². The zero-order valence-electron chi connectivity index (χ0n) is 11.7. The Morgan fingerprint density at radius 1 is 1.22 bits per heavy atom. The van der Waals surface area contributed by atoms with Crippen LogP contribution in [0, 0.1) is 23.7 Å². The summed E-state index contributed by atoms with van der Waals surface area (Å²) in [5, 5.41) is -5.91. The minimum Gasteiger partial charge on any atom is -0.395 e. The quantitative estimate of drug-likeness (QED) is 0.362. The van der Waals surface area contributed by atoms with Crippen molar-refractivity contribution >= 4 is 16.1 Å². The predicted octanol–water partition coefficient (Wildman–Crippen LogP) is 2.60. The van der Waals surface area contributed by atoms with Crippen molar-refractivity contribution in [2.75, 3.05) is 0 Å². The normalized spacial score (nSPS) is 33.5. The van der Waals surface area contributed by atoms with Crippen LogP contribution in [0.1, 0.15) is 25.7 Å². The Bertz CT molecular complexity index is 672. The molecule has 2 bridgehead atoms. The molecule has 4 unspecified atom stereocenters. The van der Waals surface area contributed by atoms with Crippen LogP contribution in [0.3, 0.4) is 0 Å². The van der Waals surface area contributed by atoms with Crippen LogP contribution in [-0.4, -0.2) is 30.3 Å². The highest BCUT2D eigenvalue weighted by Gasteiger charge is 2.70. The van der Waals surface area contributed by atoms with E-state index in [9.17, 15) is 30.8 Å². The van der Waals surface area contributed by atoms with Crippen LogP contribution >= 0.6 is 0 Å². The van der Waals surface area contributed by atoms with E-state index >= 15 is 0 Å². The molecule has 0 amide bonds. The van der Waals surface area contributed by atoms with E-state index in [2.05, 4.69) is 4.74 Å². The smallest absolute Gasteiger partial charge is 0.395 e. The molecule has 0 aromatic rings. The molecule has 2 fully saturated rings. The van der Waals surface area contributed by atoms with Gasteiger partial charge in [-0.2, -0.15) is 26.0 Å². The van der Waals surface area contributed by atoms with E-state index < -0.39 is 33.4 Å². The summed E-state index contributed by atoms with van der Waals surface area (Å²) in [6.07, 6.45) is -1.23. The molecule has 0 heterocycles. The van der Waals surface area contributed by atoms with Gasteiger partial charge in [-0.1, -0.05) is 11.6 Å². The first-order valence-corrected chi connectivity index (χ1v) is 8.53. The monoisotopic (exact) mass is 358 g/mol. The molecule has 130 valence electrons. The molecule has 10 heteroatoms. The van der Waals surface area contributed by atoms with Gasteiger partial charge in [-0.15, -0.1) is 0 Å². The summed E-state index contributed by atoms with van der Waals surface area (Å²) in [7, 11) is -6.43. The number of carbonyl (C=O) groups excluding carboxylic acids is 1. The molecule has 1 N–H and O–H groups in total. The van der Waals surface area contributed by atoms with Crippen LogP contribution in [0.4, 0.5) is 17.6 Å². The number of hydrogen-bond donors (Lipinski definition) is 1. The molecule has 0 radical (unpaired) electrons. The summed E-state index contributed by atoms with van der Waals surface area (Å²) < 4.78 is 85.5. The minimum atomic E-state index is -6.43. The van der Waals surface area contributed by atoms with Gasteiger partial charge in [0, 0.05) is 0 Å². The van der Waals surface area contributed by atoms with Gasteiger partial charge in [0.05, 0.1) is 5.92 Å². The van der Waals surface area contributed by atoms with Gasteiger partial charge in [0.1, 0.15) is 0 Å². The Balaban J connectivity index is 1.79. The summed E-state index contributed by atoms with van der Waals surface area (Å²) in [6, 6.07) is 0. The lowest BCUT2D eigenvalue weighted by Crippen LogP contribution is -2.50. The van der Waals surface area contributed by atoms with Crippen LogP contribution in [0.5, 0.6) is 0 Å². The maximum atomic E-state index is 13.4. The van der Waals surface area contributed by atoms with E-state index in [-0.39, 0.29) is 18.3 Å². The third kappa shape index (κ3) is 2.46. The third-order valence-electron chi connectivity index (χ3n) is 5.02. The molecule has 2 saturated carbocycles. The molecule has 3 rings (SSSR count). The fourth-order valence-electron chi connectivity index (χ4n) is 4.03. The number of alkyl halides is 4. The molecule has 0 saturated heterocycles. The van der Waals surface area contributed by atoms with E-state index in [1.165, 1.54) is 0 Å². The lowest BCUT2D eigenvalue weighted by molar-refractivity contribution is -0.303. The zero-order chi connectivity index (χ0) is 17.2. The fourth-order valence-corrected chi connectivity index (χ4v) is 4.38. The molecule has 5 nitrogen and oxygen atoms in total. The Labute approximate surface area is 129 Å². The van der Waals surface area contributed by atoms with Crippen LogP contribution in [0.25, 0.3) is 0 Å². The van der Waals surface area contributed by atoms with Gasteiger partial charge in [-0.3, -0.25) is 9.35 Å². The molecule has 0 aliphatic heterocycles. The van der Waals surface area contributed by atoms with Crippen molar-refractivity contribution in [2.24, 2.45) is 23.7 Å². The minimum absolute atomic E-state index is 0.0852. The van der Waals surface area contributed by atoms with Gasteiger partial charge >= 0.3 is 27.5 Å². The zero-order valence-corrected chi connectivity index (χ0v) is 12.5. The summed E-state index contributed by atoms with van der Waals surface area (Å²) in [5.74, 6) is -1.91. The maximum absolute atomic E-state index is 13.4. The number of hydrogen-bond acceptors (Lipinski definition) is 4. The Morgan fingerprint density at radius 2 is 1.87 bits per heavy atom. The average molecular weight is 358 g/mol. The highest BCUT2D eigenvalue weighted by atomic mass is 32.2. The molecule has 0 aromatic carbocycles. The number of allylic oxidation sites excluding steroid dienone is 1. The summed E-state index contributed by atoms with van der Waals surface area (Å²) in [6.45, 7) is 0. The van der Waals surface area contributed by atoms with Crippen LogP contribution in [-0.2, 0) is 19.6 Å². The maximum Gasteiger partial charge on any atom is 0.485 e. The summed E-state index contributed by atoms with van der Waals surface area (Å²) in [5.41, 5.74) is 0.625. The molecular weight excluding hydrogens is 344 g/mol. The first-order valence-electron chi connectivity index (χ1n) is 7.09. The molecule has 23 heavy (non-hydrogen) atoms. The Hall–Kier alpha value is -1.16. The second-order valence-corrected chi connectivity index (χ2v) is 7.82. The van der Waals surface area contributed by atoms with E-state index in [0.29, 0.717) is 17.9 Å². The van der Waals surface area contributed by atoms with Crippen molar-refractivity contribution in [3.63, 3.8) is 0 Å². The van der Waals surface area contributed by atoms with Gasteiger partial charge in [-0.05, 0) is 43.4 Å². The molecule has 0 spiro atoms. The number of carbonyl (C=O) groups is 1. The molecular formula is C13H14F4O5S. The van der Waals surface area contributed by atoms with Crippen LogP contribution < -0.4 is 0 Å². The largest absolute Gasteiger partial charge is 0.485 e. The highest BCUT2D eigenvalue weighted by molar-refractivity contribution is 7.86.